The molecule has 0 aliphatic carbocycles. The SMILES string of the molecule is CCOC(=O)C(C)(C)N(NC(=O)OC(C)(C)C)C(=O)OC(C)(C)C. The molecule has 0 aromatic carbocycles. The number of hydrogen-bond donors (Lipinski definition) is 1. The molecule has 24 heavy (non-hydrogen) atoms. The highest BCUT2D eigenvalue weighted by molar-refractivity contribution is 5.86. The van der Waals surface area contributed by atoms with Gasteiger partial charge in [-0.2, -0.15) is 5.01 Å². The van der Waals surface area contributed by atoms with Crippen LogP contribution in [0.1, 0.15) is 62.3 Å². The molecule has 0 unspecified atom stereocenters. The van der Waals surface area contributed by atoms with Gasteiger partial charge in [-0.25, -0.2) is 19.8 Å². The average molecular weight is 346 g/mol. The predicted octanol–water partition coefficient (Wildman–Crippen LogP) is 3.00. The summed E-state index contributed by atoms with van der Waals surface area (Å²) in [5.74, 6) is -0.688. The van der Waals surface area contributed by atoms with Gasteiger partial charge in [0.25, 0.3) is 0 Å². The number of carbonyl (C=O) groups is 3. The molecule has 1 N–H and O–H groups in total. The van der Waals surface area contributed by atoms with Gasteiger partial charge in [-0.1, -0.05) is 0 Å². The zero-order valence-electron chi connectivity index (χ0n) is 16.1. The minimum Gasteiger partial charge on any atom is -0.464 e. The van der Waals surface area contributed by atoms with E-state index in [1.165, 1.54) is 13.8 Å². The number of carbonyl (C=O) groups excluding carboxylic acids is 3. The van der Waals surface area contributed by atoms with Crippen molar-refractivity contribution in [2.45, 2.75) is 79.1 Å². The maximum atomic E-state index is 12.4. The Labute approximate surface area is 143 Å². The number of nitrogens with zero attached hydrogens (tertiary/aromatic N) is 1. The van der Waals surface area contributed by atoms with E-state index in [2.05, 4.69) is 5.43 Å². The van der Waals surface area contributed by atoms with Gasteiger partial charge in [0.15, 0.2) is 5.54 Å². The molecular formula is C16H30N2O6. The summed E-state index contributed by atoms with van der Waals surface area (Å²) in [7, 11) is 0. The fourth-order valence-corrected chi connectivity index (χ4v) is 1.51. The molecule has 0 rings (SSSR count). The molecule has 0 atom stereocenters. The summed E-state index contributed by atoms with van der Waals surface area (Å²) >= 11 is 0. The molecule has 0 aromatic rings. The summed E-state index contributed by atoms with van der Waals surface area (Å²) in [6.07, 6.45) is -1.78. The van der Waals surface area contributed by atoms with Gasteiger partial charge in [-0.05, 0) is 62.3 Å². The van der Waals surface area contributed by atoms with Crippen molar-refractivity contribution in [3.8, 4) is 0 Å². The lowest BCUT2D eigenvalue weighted by Crippen LogP contribution is -2.62. The lowest BCUT2D eigenvalue weighted by atomic mass is 10.1. The number of esters is 1. The van der Waals surface area contributed by atoms with E-state index in [1.54, 1.807) is 48.5 Å². The molecular weight excluding hydrogens is 316 g/mol. The molecule has 0 heterocycles. The van der Waals surface area contributed by atoms with E-state index in [-0.39, 0.29) is 6.61 Å². The molecule has 0 bridgehead atoms. The standard InChI is InChI=1S/C16H30N2O6/c1-10-22-11(19)16(8,9)18(13(21)24-15(5,6)7)17-12(20)23-14(2,3)4/h10H2,1-9H3,(H,17,20). The second-order valence-corrected chi connectivity index (χ2v) is 7.71. The molecule has 0 aromatic heterocycles. The van der Waals surface area contributed by atoms with Crippen molar-refractivity contribution in [3.63, 3.8) is 0 Å². The maximum absolute atomic E-state index is 12.4. The summed E-state index contributed by atoms with van der Waals surface area (Å²) in [6.45, 7) is 14.7. The smallest absolute Gasteiger partial charge is 0.430 e. The van der Waals surface area contributed by atoms with Gasteiger partial charge >= 0.3 is 18.2 Å². The fraction of sp³-hybridized carbons (Fsp3) is 0.812. The number of hydrazine groups is 1. The van der Waals surface area contributed by atoms with Crippen molar-refractivity contribution in [3.05, 3.63) is 0 Å². The Balaban J connectivity index is 5.48. The second-order valence-electron chi connectivity index (χ2n) is 7.71. The Kier molecular flexibility index (Phi) is 7.08. The lowest BCUT2D eigenvalue weighted by Gasteiger charge is -2.37. The Morgan fingerprint density at radius 3 is 1.71 bits per heavy atom. The molecule has 0 saturated heterocycles. The van der Waals surface area contributed by atoms with Gasteiger partial charge < -0.3 is 14.2 Å². The van der Waals surface area contributed by atoms with Crippen LogP contribution < -0.4 is 5.43 Å². The first kappa shape index (κ1) is 22.0. The van der Waals surface area contributed by atoms with Gasteiger partial charge in [-0.15, -0.1) is 0 Å². The van der Waals surface area contributed by atoms with Crippen LogP contribution in [-0.4, -0.2) is 46.5 Å². The largest absolute Gasteiger partial charge is 0.464 e. The molecule has 0 aliphatic heterocycles. The van der Waals surface area contributed by atoms with E-state index >= 15 is 0 Å². The quantitative estimate of drug-likeness (QED) is 0.479. The van der Waals surface area contributed by atoms with Crippen LogP contribution in [0.5, 0.6) is 0 Å². The van der Waals surface area contributed by atoms with Crippen molar-refractivity contribution in [1.29, 1.82) is 0 Å². The number of ether oxygens (including phenoxy) is 3. The van der Waals surface area contributed by atoms with E-state index in [9.17, 15) is 14.4 Å². The second kappa shape index (κ2) is 7.72. The minimum atomic E-state index is -1.49. The van der Waals surface area contributed by atoms with Crippen LogP contribution in [0, 0.1) is 0 Å². The van der Waals surface area contributed by atoms with Crippen molar-refractivity contribution >= 4 is 18.2 Å². The van der Waals surface area contributed by atoms with Crippen LogP contribution in [0.3, 0.4) is 0 Å². The third-order valence-corrected chi connectivity index (χ3v) is 2.51. The Morgan fingerprint density at radius 2 is 1.33 bits per heavy atom. The molecule has 2 amide bonds. The topological polar surface area (TPSA) is 94.2 Å². The average Bonchev–Trinajstić information content (AvgIpc) is 2.31. The summed E-state index contributed by atoms with van der Waals surface area (Å²) < 4.78 is 15.4. The van der Waals surface area contributed by atoms with Gasteiger partial charge in [0, 0.05) is 0 Å². The molecule has 8 nitrogen and oxygen atoms in total. The van der Waals surface area contributed by atoms with Crippen LogP contribution in [-0.2, 0) is 19.0 Å². The maximum Gasteiger partial charge on any atom is 0.430 e. The van der Waals surface area contributed by atoms with Crippen molar-refractivity contribution in [2.75, 3.05) is 6.61 Å². The van der Waals surface area contributed by atoms with E-state index in [0.29, 0.717) is 0 Å². The highest BCUT2D eigenvalue weighted by Gasteiger charge is 2.43. The van der Waals surface area contributed by atoms with Crippen LogP contribution in [0.15, 0.2) is 0 Å². The van der Waals surface area contributed by atoms with E-state index in [1.807, 2.05) is 0 Å². The van der Waals surface area contributed by atoms with Crippen molar-refractivity contribution < 1.29 is 28.6 Å². The number of amides is 2. The van der Waals surface area contributed by atoms with E-state index in [0.717, 1.165) is 5.01 Å². The number of hydrogen-bond acceptors (Lipinski definition) is 6. The van der Waals surface area contributed by atoms with Crippen molar-refractivity contribution in [2.24, 2.45) is 0 Å². The van der Waals surface area contributed by atoms with Gasteiger partial charge in [0.1, 0.15) is 11.2 Å². The Bertz CT molecular complexity index is 474. The third-order valence-electron chi connectivity index (χ3n) is 2.51. The summed E-state index contributed by atoms with van der Waals surface area (Å²) in [6, 6.07) is 0. The molecule has 0 saturated carbocycles. The summed E-state index contributed by atoms with van der Waals surface area (Å²) in [5.41, 5.74) is -0.794. The molecule has 8 heteroatoms. The van der Waals surface area contributed by atoms with Gasteiger partial charge in [-0.3, -0.25) is 0 Å². The predicted molar refractivity (Wildman–Crippen MR) is 88.2 cm³/mol. The van der Waals surface area contributed by atoms with Crippen LogP contribution >= 0.6 is 0 Å². The molecule has 0 aliphatic rings. The Hall–Kier alpha value is -1.99. The van der Waals surface area contributed by atoms with Crippen LogP contribution in [0.2, 0.25) is 0 Å². The van der Waals surface area contributed by atoms with Crippen molar-refractivity contribution in [1.82, 2.24) is 10.4 Å². The summed E-state index contributed by atoms with van der Waals surface area (Å²) in [5, 5.41) is 0.782. The molecule has 0 fully saturated rings. The molecule has 0 radical (unpaired) electrons. The first-order valence-corrected chi connectivity index (χ1v) is 7.80. The highest BCUT2D eigenvalue weighted by Crippen LogP contribution is 2.19. The van der Waals surface area contributed by atoms with Gasteiger partial charge in [0.05, 0.1) is 6.61 Å². The van der Waals surface area contributed by atoms with Crippen LogP contribution in [0.25, 0.3) is 0 Å². The fourth-order valence-electron chi connectivity index (χ4n) is 1.51. The van der Waals surface area contributed by atoms with Crippen LogP contribution in [0.4, 0.5) is 9.59 Å². The van der Waals surface area contributed by atoms with E-state index < -0.39 is 34.9 Å². The zero-order chi connectivity index (χ0) is 19.3. The molecule has 0 spiro atoms. The first-order valence-electron chi connectivity index (χ1n) is 7.80. The lowest BCUT2D eigenvalue weighted by molar-refractivity contribution is -0.157. The highest BCUT2D eigenvalue weighted by atomic mass is 16.6. The summed E-state index contributed by atoms with van der Waals surface area (Å²) in [4.78, 5) is 36.7. The Morgan fingerprint density at radius 1 is 0.875 bits per heavy atom. The first-order chi connectivity index (χ1) is 10.6. The minimum absolute atomic E-state index is 0.136. The molecule has 140 valence electrons. The zero-order valence-corrected chi connectivity index (χ0v) is 16.1. The van der Waals surface area contributed by atoms with E-state index in [4.69, 9.17) is 14.2 Å². The number of rotatable bonds is 3. The monoisotopic (exact) mass is 346 g/mol. The normalized spacial score (nSPS) is 12.2. The third kappa shape index (κ3) is 7.52. The number of nitrogens with one attached hydrogen (secondary N) is 1. The van der Waals surface area contributed by atoms with Gasteiger partial charge in [0.2, 0.25) is 0 Å².